The monoisotopic (exact) mass is 364 g/mol. The molecule has 138 valence electrons. The molecule has 7 heteroatoms. The largest absolute Gasteiger partial charge is 0.497 e. The Kier molecular flexibility index (Phi) is 6.55. The minimum atomic E-state index is -0.526. The summed E-state index contributed by atoms with van der Waals surface area (Å²) < 4.78 is 5.11. The van der Waals surface area contributed by atoms with Crippen molar-refractivity contribution < 1.29 is 14.3 Å². The van der Waals surface area contributed by atoms with E-state index in [0.717, 1.165) is 11.3 Å². The molecule has 0 spiro atoms. The first-order chi connectivity index (χ1) is 12.9. The van der Waals surface area contributed by atoms with E-state index in [2.05, 4.69) is 10.6 Å². The van der Waals surface area contributed by atoms with E-state index in [1.165, 1.54) is 6.20 Å². The van der Waals surface area contributed by atoms with Gasteiger partial charge in [-0.15, -0.1) is 0 Å². The number of rotatable bonds is 7. The second kappa shape index (κ2) is 9.06. The molecule has 0 aromatic heterocycles. The first kappa shape index (κ1) is 19.5. The quantitative estimate of drug-likeness (QED) is 0.515. The van der Waals surface area contributed by atoms with Crippen molar-refractivity contribution in [3.8, 4) is 11.8 Å². The molecule has 0 aliphatic carbocycles. The lowest BCUT2D eigenvalue weighted by Crippen LogP contribution is -2.28. The van der Waals surface area contributed by atoms with Gasteiger partial charge >= 0.3 is 0 Å². The number of methoxy groups -OCH3 is 1. The number of carbonyl (C=O) groups is 2. The van der Waals surface area contributed by atoms with E-state index < -0.39 is 11.8 Å². The van der Waals surface area contributed by atoms with E-state index in [9.17, 15) is 14.9 Å². The Hall–Kier alpha value is -3.79. The molecule has 7 nitrogen and oxygen atoms in total. The van der Waals surface area contributed by atoms with Crippen molar-refractivity contribution in [2.45, 2.75) is 13.0 Å². The highest BCUT2D eigenvalue weighted by atomic mass is 16.5. The SMILES string of the molecule is COc1ccc(C(C)NC(=O)/C(C#N)=C\Nc2ccc(C(N)=O)cc2)cc1. The Morgan fingerprint density at radius 2 is 1.78 bits per heavy atom. The van der Waals surface area contributed by atoms with Crippen molar-refractivity contribution in [3.05, 3.63) is 71.4 Å². The van der Waals surface area contributed by atoms with Crippen LogP contribution in [0.1, 0.15) is 28.9 Å². The van der Waals surface area contributed by atoms with Gasteiger partial charge in [0, 0.05) is 17.5 Å². The van der Waals surface area contributed by atoms with Crippen molar-refractivity contribution in [2.75, 3.05) is 12.4 Å². The van der Waals surface area contributed by atoms with Gasteiger partial charge in [-0.05, 0) is 48.9 Å². The number of nitrogens with zero attached hydrogens (tertiary/aromatic N) is 1. The number of amides is 2. The predicted molar refractivity (Wildman–Crippen MR) is 102 cm³/mol. The first-order valence-electron chi connectivity index (χ1n) is 8.16. The Labute approximate surface area is 157 Å². The summed E-state index contributed by atoms with van der Waals surface area (Å²) in [5, 5.41) is 14.9. The molecule has 2 aromatic rings. The Balaban J connectivity index is 2.02. The number of nitrogens with two attached hydrogens (primary N) is 1. The number of primary amides is 1. The van der Waals surface area contributed by atoms with Crippen LogP contribution in [-0.4, -0.2) is 18.9 Å². The van der Waals surface area contributed by atoms with Crippen LogP contribution in [0.15, 0.2) is 60.3 Å². The summed E-state index contributed by atoms with van der Waals surface area (Å²) in [5.41, 5.74) is 6.98. The fraction of sp³-hybridized carbons (Fsp3) is 0.150. The molecule has 0 aliphatic rings. The standard InChI is InChI=1S/C20H20N4O3/c1-13(14-5-9-18(27-2)10-6-14)24-20(26)16(11-21)12-23-17-7-3-15(4-8-17)19(22)25/h3-10,12-13,23H,1-2H3,(H2,22,25)(H,24,26)/b16-12-. The van der Waals surface area contributed by atoms with Gasteiger partial charge in [0.2, 0.25) is 5.91 Å². The smallest absolute Gasteiger partial charge is 0.263 e. The normalized spacial score (nSPS) is 11.8. The van der Waals surface area contributed by atoms with Gasteiger partial charge in [0.05, 0.1) is 13.2 Å². The van der Waals surface area contributed by atoms with Gasteiger partial charge in [0.1, 0.15) is 17.4 Å². The van der Waals surface area contributed by atoms with Gasteiger partial charge in [-0.1, -0.05) is 12.1 Å². The maximum absolute atomic E-state index is 12.3. The second-order valence-corrected chi connectivity index (χ2v) is 5.72. The first-order valence-corrected chi connectivity index (χ1v) is 8.16. The van der Waals surface area contributed by atoms with Gasteiger partial charge in [0.25, 0.3) is 5.91 Å². The number of nitrogens with one attached hydrogen (secondary N) is 2. The minimum absolute atomic E-state index is 0.0747. The Morgan fingerprint density at radius 1 is 1.15 bits per heavy atom. The summed E-state index contributed by atoms with van der Waals surface area (Å²) in [6.45, 7) is 1.82. The lowest BCUT2D eigenvalue weighted by atomic mass is 10.1. The molecular weight excluding hydrogens is 344 g/mol. The van der Waals surface area contributed by atoms with Crippen LogP contribution in [0.3, 0.4) is 0 Å². The van der Waals surface area contributed by atoms with Crippen LogP contribution in [0.4, 0.5) is 5.69 Å². The van der Waals surface area contributed by atoms with Crippen LogP contribution < -0.4 is 21.1 Å². The lowest BCUT2D eigenvalue weighted by Gasteiger charge is -2.14. The summed E-state index contributed by atoms with van der Waals surface area (Å²) in [6.07, 6.45) is 1.31. The second-order valence-electron chi connectivity index (χ2n) is 5.72. The topological polar surface area (TPSA) is 117 Å². The molecule has 0 bridgehead atoms. The van der Waals surface area contributed by atoms with Gasteiger partial charge in [0.15, 0.2) is 0 Å². The average molecular weight is 364 g/mol. The number of ether oxygens (including phenoxy) is 1. The highest BCUT2D eigenvalue weighted by molar-refractivity contribution is 5.97. The molecule has 27 heavy (non-hydrogen) atoms. The van der Waals surface area contributed by atoms with E-state index in [-0.39, 0.29) is 11.6 Å². The molecule has 2 rings (SSSR count). The third-order valence-corrected chi connectivity index (χ3v) is 3.88. The molecule has 2 amide bonds. The number of benzene rings is 2. The number of hydrogen-bond acceptors (Lipinski definition) is 5. The van der Waals surface area contributed by atoms with Gasteiger partial charge < -0.3 is 21.1 Å². The molecule has 0 saturated carbocycles. The molecular formula is C20H20N4O3. The van der Waals surface area contributed by atoms with Crippen molar-refractivity contribution in [1.29, 1.82) is 5.26 Å². The number of hydrogen-bond donors (Lipinski definition) is 3. The summed E-state index contributed by atoms with van der Waals surface area (Å²) >= 11 is 0. The maximum Gasteiger partial charge on any atom is 0.263 e. The highest BCUT2D eigenvalue weighted by Crippen LogP contribution is 2.17. The van der Waals surface area contributed by atoms with Crippen molar-refractivity contribution >= 4 is 17.5 Å². The molecule has 0 aliphatic heterocycles. The highest BCUT2D eigenvalue weighted by Gasteiger charge is 2.14. The molecule has 1 atom stereocenters. The molecule has 1 unspecified atom stereocenters. The molecule has 0 heterocycles. The van der Waals surface area contributed by atoms with Crippen LogP contribution in [0.2, 0.25) is 0 Å². The van der Waals surface area contributed by atoms with E-state index in [1.54, 1.807) is 43.5 Å². The van der Waals surface area contributed by atoms with E-state index >= 15 is 0 Å². The molecule has 0 saturated heterocycles. The van der Waals surface area contributed by atoms with E-state index in [4.69, 9.17) is 10.5 Å². The third-order valence-electron chi connectivity index (χ3n) is 3.88. The van der Waals surface area contributed by atoms with Gasteiger partial charge in [-0.3, -0.25) is 9.59 Å². The van der Waals surface area contributed by atoms with Gasteiger partial charge in [-0.25, -0.2) is 0 Å². The van der Waals surface area contributed by atoms with Crippen molar-refractivity contribution in [2.24, 2.45) is 5.73 Å². The fourth-order valence-electron chi connectivity index (χ4n) is 2.29. The van der Waals surface area contributed by atoms with Crippen LogP contribution in [-0.2, 0) is 4.79 Å². The molecule has 2 aromatic carbocycles. The van der Waals surface area contributed by atoms with Crippen LogP contribution >= 0.6 is 0 Å². The Morgan fingerprint density at radius 3 is 2.30 bits per heavy atom. The number of anilines is 1. The summed E-state index contributed by atoms with van der Waals surface area (Å²) in [6, 6.07) is 15.2. The summed E-state index contributed by atoms with van der Waals surface area (Å²) in [7, 11) is 1.58. The molecule has 0 fully saturated rings. The van der Waals surface area contributed by atoms with Crippen LogP contribution in [0.5, 0.6) is 5.75 Å². The molecule has 4 N–H and O–H groups in total. The minimum Gasteiger partial charge on any atom is -0.497 e. The lowest BCUT2D eigenvalue weighted by molar-refractivity contribution is -0.117. The summed E-state index contributed by atoms with van der Waals surface area (Å²) in [5.74, 6) is -0.301. The van der Waals surface area contributed by atoms with E-state index in [1.807, 2.05) is 25.1 Å². The third kappa shape index (κ3) is 5.34. The van der Waals surface area contributed by atoms with Crippen molar-refractivity contribution in [1.82, 2.24) is 5.32 Å². The maximum atomic E-state index is 12.3. The zero-order chi connectivity index (χ0) is 19.8. The molecule has 0 radical (unpaired) electrons. The fourth-order valence-corrected chi connectivity index (χ4v) is 2.29. The Bertz CT molecular complexity index is 881. The zero-order valence-corrected chi connectivity index (χ0v) is 15.0. The number of carbonyl (C=O) groups excluding carboxylic acids is 2. The van der Waals surface area contributed by atoms with Gasteiger partial charge in [-0.2, -0.15) is 5.26 Å². The number of nitriles is 1. The van der Waals surface area contributed by atoms with E-state index in [0.29, 0.717) is 11.3 Å². The van der Waals surface area contributed by atoms with Crippen molar-refractivity contribution in [3.63, 3.8) is 0 Å². The zero-order valence-electron chi connectivity index (χ0n) is 15.0. The average Bonchev–Trinajstić information content (AvgIpc) is 2.68. The van der Waals surface area contributed by atoms with Crippen LogP contribution in [0.25, 0.3) is 0 Å². The van der Waals surface area contributed by atoms with Crippen LogP contribution in [0, 0.1) is 11.3 Å². The predicted octanol–water partition coefficient (Wildman–Crippen LogP) is 2.49. The summed E-state index contributed by atoms with van der Waals surface area (Å²) in [4.78, 5) is 23.4.